The molecule has 3 aromatic rings. The molecule has 100 valence electrons. The van der Waals surface area contributed by atoms with Crippen molar-refractivity contribution >= 4 is 11.8 Å². The summed E-state index contributed by atoms with van der Waals surface area (Å²) < 4.78 is 14.9. The Hall–Kier alpha value is -2.21. The van der Waals surface area contributed by atoms with Crippen molar-refractivity contribution in [3.05, 3.63) is 60.3 Å². The molecule has 0 saturated carbocycles. The Labute approximate surface area is 119 Å². The normalized spacial score (nSPS) is 10.7. The van der Waals surface area contributed by atoms with Gasteiger partial charge in [-0.1, -0.05) is 6.07 Å². The van der Waals surface area contributed by atoms with Crippen molar-refractivity contribution in [2.24, 2.45) is 0 Å². The van der Waals surface area contributed by atoms with Crippen LogP contribution in [0.25, 0.3) is 5.69 Å². The Morgan fingerprint density at radius 1 is 1.05 bits per heavy atom. The molecular weight excluding hydrogens is 275 g/mol. The Bertz CT molecular complexity index is 710. The van der Waals surface area contributed by atoms with Crippen LogP contribution in [0.3, 0.4) is 0 Å². The first-order valence-electron chi connectivity index (χ1n) is 6.01. The summed E-state index contributed by atoms with van der Waals surface area (Å²) in [5, 5.41) is 9.77. The standard InChI is InChI=1S/C14H11FN4S/c1-10-17-18-14(20-13-4-2-3-9-16-13)19(10)12-7-5-11(15)6-8-12/h2-9H,1H3. The van der Waals surface area contributed by atoms with Crippen molar-refractivity contribution < 1.29 is 4.39 Å². The van der Waals surface area contributed by atoms with E-state index in [1.54, 1.807) is 18.3 Å². The molecular formula is C14H11FN4S. The van der Waals surface area contributed by atoms with Gasteiger partial charge in [-0.25, -0.2) is 9.37 Å². The lowest BCUT2D eigenvalue weighted by Gasteiger charge is -2.07. The van der Waals surface area contributed by atoms with Gasteiger partial charge in [0.15, 0.2) is 0 Å². The average molecular weight is 286 g/mol. The number of hydrogen-bond donors (Lipinski definition) is 0. The fourth-order valence-corrected chi connectivity index (χ4v) is 2.66. The third-order valence-corrected chi connectivity index (χ3v) is 3.61. The van der Waals surface area contributed by atoms with E-state index in [9.17, 15) is 4.39 Å². The summed E-state index contributed by atoms with van der Waals surface area (Å²) >= 11 is 1.42. The zero-order valence-corrected chi connectivity index (χ0v) is 11.5. The van der Waals surface area contributed by atoms with Gasteiger partial charge >= 0.3 is 0 Å². The number of rotatable bonds is 3. The first-order valence-corrected chi connectivity index (χ1v) is 6.82. The fraction of sp³-hybridized carbons (Fsp3) is 0.0714. The highest BCUT2D eigenvalue weighted by molar-refractivity contribution is 7.99. The molecule has 2 heterocycles. The molecule has 0 atom stereocenters. The molecule has 0 aliphatic rings. The molecule has 6 heteroatoms. The van der Waals surface area contributed by atoms with Gasteiger partial charge in [0.2, 0.25) is 5.16 Å². The highest BCUT2D eigenvalue weighted by Crippen LogP contribution is 2.27. The Morgan fingerprint density at radius 2 is 1.85 bits per heavy atom. The van der Waals surface area contributed by atoms with Gasteiger partial charge in [-0.3, -0.25) is 4.57 Å². The molecule has 2 aromatic heterocycles. The highest BCUT2D eigenvalue weighted by Gasteiger charge is 2.12. The first kappa shape index (κ1) is 12.8. The Balaban J connectivity index is 1.99. The van der Waals surface area contributed by atoms with Crippen LogP contribution in [0.4, 0.5) is 4.39 Å². The predicted octanol–water partition coefficient (Wildman–Crippen LogP) is 3.26. The van der Waals surface area contributed by atoms with Gasteiger partial charge in [0.25, 0.3) is 0 Å². The molecule has 0 amide bonds. The smallest absolute Gasteiger partial charge is 0.202 e. The molecule has 0 aliphatic carbocycles. The van der Waals surface area contributed by atoms with Crippen LogP contribution in [0, 0.1) is 12.7 Å². The number of pyridine rings is 1. The van der Waals surface area contributed by atoms with Crippen molar-refractivity contribution in [1.29, 1.82) is 0 Å². The highest BCUT2D eigenvalue weighted by atomic mass is 32.2. The van der Waals surface area contributed by atoms with Crippen LogP contribution in [0.15, 0.2) is 58.8 Å². The monoisotopic (exact) mass is 286 g/mol. The van der Waals surface area contributed by atoms with Crippen LogP contribution in [0.1, 0.15) is 5.82 Å². The molecule has 0 unspecified atom stereocenters. The first-order chi connectivity index (χ1) is 9.74. The minimum Gasteiger partial charge on any atom is -0.274 e. The predicted molar refractivity (Wildman–Crippen MR) is 74.4 cm³/mol. The number of hydrogen-bond acceptors (Lipinski definition) is 4. The molecule has 0 radical (unpaired) electrons. The molecule has 0 fully saturated rings. The minimum atomic E-state index is -0.265. The quantitative estimate of drug-likeness (QED) is 0.741. The van der Waals surface area contributed by atoms with Crippen molar-refractivity contribution in [2.75, 3.05) is 0 Å². The van der Waals surface area contributed by atoms with Crippen LogP contribution in [-0.4, -0.2) is 19.7 Å². The topological polar surface area (TPSA) is 43.6 Å². The number of halogens is 1. The molecule has 0 N–H and O–H groups in total. The van der Waals surface area contributed by atoms with E-state index in [4.69, 9.17) is 0 Å². The van der Waals surface area contributed by atoms with E-state index >= 15 is 0 Å². The zero-order valence-electron chi connectivity index (χ0n) is 10.7. The van der Waals surface area contributed by atoms with Crippen LogP contribution < -0.4 is 0 Å². The maximum absolute atomic E-state index is 13.0. The molecule has 0 aliphatic heterocycles. The van der Waals surface area contributed by atoms with E-state index in [-0.39, 0.29) is 5.82 Å². The molecule has 4 nitrogen and oxygen atoms in total. The van der Waals surface area contributed by atoms with Crippen molar-refractivity contribution in [3.8, 4) is 5.69 Å². The molecule has 0 bridgehead atoms. The second-order valence-corrected chi connectivity index (χ2v) is 5.10. The second kappa shape index (κ2) is 5.42. The lowest BCUT2D eigenvalue weighted by atomic mass is 10.3. The molecule has 3 rings (SSSR count). The lowest BCUT2D eigenvalue weighted by Crippen LogP contribution is -1.99. The lowest BCUT2D eigenvalue weighted by molar-refractivity contribution is 0.627. The fourth-order valence-electron chi connectivity index (χ4n) is 1.80. The summed E-state index contributed by atoms with van der Waals surface area (Å²) in [6.45, 7) is 1.86. The summed E-state index contributed by atoms with van der Waals surface area (Å²) in [5.41, 5.74) is 0.826. The van der Waals surface area contributed by atoms with Gasteiger partial charge in [0, 0.05) is 11.9 Å². The van der Waals surface area contributed by atoms with Gasteiger partial charge in [-0.05, 0) is 55.1 Å². The van der Waals surface area contributed by atoms with E-state index in [2.05, 4.69) is 15.2 Å². The summed E-state index contributed by atoms with van der Waals surface area (Å²) in [4.78, 5) is 4.25. The Kier molecular flexibility index (Phi) is 3.47. The van der Waals surface area contributed by atoms with E-state index in [0.29, 0.717) is 5.16 Å². The van der Waals surface area contributed by atoms with Gasteiger partial charge < -0.3 is 0 Å². The molecule has 0 spiro atoms. The van der Waals surface area contributed by atoms with Crippen molar-refractivity contribution in [2.45, 2.75) is 17.1 Å². The van der Waals surface area contributed by atoms with Crippen LogP contribution in [0.2, 0.25) is 0 Å². The molecule has 0 saturated heterocycles. The van der Waals surface area contributed by atoms with Crippen molar-refractivity contribution in [1.82, 2.24) is 19.7 Å². The van der Waals surface area contributed by atoms with Crippen LogP contribution in [-0.2, 0) is 0 Å². The number of benzene rings is 1. The summed E-state index contributed by atoms with van der Waals surface area (Å²) in [7, 11) is 0. The largest absolute Gasteiger partial charge is 0.274 e. The molecule has 20 heavy (non-hydrogen) atoms. The average Bonchev–Trinajstić information content (AvgIpc) is 2.82. The van der Waals surface area contributed by atoms with E-state index in [0.717, 1.165) is 16.5 Å². The number of aryl methyl sites for hydroxylation is 1. The number of aromatic nitrogens is 4. The number of nitrogens with zero attached hydrogens (tertiary/aromatic N) is 4. The van der Waals surface area contributed by atoms with E-state index < -0.39 is 0 Å². The van der Waals surface area contributed by atoms with Crippen LogP contribution in [0.5, 0.6) is 0 Å². The third-order valence-electron chi connectivity index (χ3n) is 2.71. The molecule has 1 aromatic carbocycles. The summed E-state index contributed by atoms with van der Waals surface area (Å²) in [5.74, 6) is 0.480. The van der Waals surface area contributed by atoms with Gasteiger partial charge in [0.05, 0.1) is 0 Å². The van der Waals surface area contributed by atoms with Crippen LogP contribution >= 0.6 is 11.8 Å². The maximum Gasteiger partial charge on any atom is 0.202 e. The van der Waals surface area contributed by atoms with Gasteiger partial charge in [0.1, 0.15) is 16.7 Å². The summed E-state index contributed by atoms with van der Waals surface area (Å²) in [6, 6.07) is 11.9. The van der Waals surface area contributed by atoms with E-state index in [1.165, 1.54) is 23.9 Å². The van der Waals surface area contributed by atoms with Crippen molar-refractivity contribution in [3.63, 3.8) is 0 Å². The second-order valence-electron chi connectivity index (χ2n) is 4.11. The SMILES string of the molecule is Cc1nnc(Sc2ccccn2)n1-c1ccc(F)cc1. The van der Waals surface area contributed by atoms with Gasteiger partial charge in [-0.2, -0.15) is 0 Å². The summed E-state index contributed by atoms with van der Waals surface area (Å²) in [6.07, 6.45) is 1.73. The van der Waals surface area contributed by atoms with Gasteiger partial charge in [-0.15, -0.1) is 10.2 Å². The third kappa shape index (κ3) is 2.55. The minimum absolute atomic E-state index is 0.265. The zero-order chi connectivity index (χ0) is 13.9. The van der Waals surface area contributed by atoms with E-state index in [1.807, 2.05) is 29.7 Å². The Morgan fingerprint density at radius 3 is 2.55 bits per heavy atom. The maximum atomic E-state index is 13.0.